The van der Waals surface area contributed by atoms with E-state index in [9.17, 15) is 14.4 Å². The summed E-state index contributed by atoms with van der Waals surface area (Å²) < 4.78 is 0. The predicted molar refractivity (Wildman–Crippen MR) is 84.6 cm³/mol. The number of nitrogens with zero attached hydrogens (tertiary/aromatic N) is 1. The van der Waals surface area contributed by atoms with E-state index in [1.54, 1.807) is 4.90 Å². The molecule has 0 bridgehead atoms. The van der Waals surface area contributed by atoms with Crippen LogP contribution in [0.3, 0.4) is 0 Å². The van der Waals surface area contributed by atoms with Gasteiger partial charge in [-0.15, -0.1) is 0 Å². The van der Waals surface area contributed by atoms with Crippen LogP contribution in [0.25, 0.3) is 0 Å². The summed E-state index contributed by atoms with van der Waals surface area (Å²) >= 11 is 0. The van der Waals surface area contributed by atoms with Gasteiger partial charge in [0, 0.05) is 6.54 Å². The Morgan fingerprint density at radius 3 is 2.48 bits per heavy atom. The van der Waals surface area contributed by atoms with Crippen molar-refractivity contribution in [2.24, 2.45) is 5.92 Å². The summed E-state index contributed by atoms with van der Waals surface area (Å²) in [5, 5.41) is 4.94. The number of hydrogen-bond donors (Lipinski definition) is 2. The zero-order chi connectivity index (χ0) is 16.6. The molecule has 0 saturated carbocycles. The molecule has 6 nitrogen and oxygen atoms in total. The van der Waals surface area contributed by atoms with E-state index < -0.39 is 11.6 Å². The fraction of sp³-hybridized carbons (Fsp3) is 0.471. The van der Waals surface area contributed by atoms with E-state index in [0.29, 0.717) is 13.0 Å². The minimum atomic E-state index is -0.953. The van der Waals surface area contributed by atoms with Crippen molar-refractivity contribution in [2.75, 3.05) is 13.1 Å². The van der Waals surface area contributed by atoms with Gasteiger partial charge in [-0.2, -0.15) is 0 Å². The maximum atomic E-state index is 13.0. The summed E-state index contributed by atoms with van der Waals surface area (Å²) in [5.74, 6) is -0.421. The lowest BCUT2D eigenvalue weighted by Gasteiger charge is -2.27. The normalized spacial score (nSPS) is 24.9. The van der Waals surface area contributed by atoms with Crippen LogP contribution in [0.1, 0.15) is 31.7 Å². The lowest BCUT2D eigenvalue weighted by Crippen LogP contribution is -2.50. The molecule has 4 amide bonds. The molecule has 122 valence electrons. The molecule has 0 unspecified atom stereocenters. The van der Waals surface area contributed by atoms with Crippen molar-refractivity contribution in [3.63, 3.8) is 0 Å². The second-order valence-corrected chi connectivity index (χ2v) is 6.63. The van der Waals surface area contributed by atoms with E-state index in [0.717, 1.165) is 5.56 Å². The molecule has 23 heavy (non-hydrogen) atoms. The number of benzene rings is 1. The minimum absolute atomic E-state index is 0.0111. The van der Waals surface area contributed by atoms with Gasteiger partial charge in [-0.25, -0.2) is 4.79 Å². The standard InChI is InChI=1S/C17H21N3O3/c1-11(2)13(12-6-4-3-5-7-12)14(21)20-9-8-17(10-20)15(22)18-16(23)19-17/h3-7,11,13H,8-10H2,1-2H3,(H2,18,19,22,23)/t13-,17+/m0/s1. The van der Waals surface area contributed by atoms with E-state index in [2.05, 4.69) is 10.6 Å². The maximum absolute atomic E-state index is 13.0. The second-order valence-electron chi connectivity index (χ2n) is 6.63. The highest BCUT2D eigenvalue weighted by molar-refractivity contribution is 6.07. The largest absolute Gasteiger partial charge is 0.339 e. The first-order valence-electron chi connectivity index (χ1n) is 7.90. The highest BCUT2D eigenvalue weighted by Crippen LogP contribution is 2.31. The molecule has 0 radical (unpaired) electrons. The number of carbonyl (C=O) groups is 3. The zero-order valence-corrected chi connectivity index (χ0v) is 13.3. The lowest BCUT2D eigenvalue weighted by atomic mass is 9.87. The highest BCUT2D eigenvalue weighted by Gasteiger charge is 2.52. The number of carbonyl (C=O) groups excluding carboxylic acids is 3. The summed E-state index contributed by atoms with van der Waals surface area (Å²) in [7, 11) is 0. The third kappa shape index (κ3) is 2.69. The third-order valence-electron chi connectivity index (χ3n) is 4.69. The van der Waals surface area contributed by atoms with Crippen molar-refractivity contribution in [1.29, 1.82) is 0 Å². The minimum Gasteiger partial charge on any atom is -0.339 e. The summed E-state index contributed by atoms with van der Waals surface area (Å²) in [6, 6.07) is 9.21. The van der Waals surface area contributed by atoms with Gasteiger partial charge in [0.2, 0.25) is 5.91 Å². The first-order chi connectivity index (χ1) is 10.9. The Bertz CT molecular complexity index is 644. The molecule has 1 spiro atoms. The molecule has 1 aromatic rings. The van der Waals surface area contributed by atoms with Crippen molar-refractivity contribution in [2.45, 2.75) is 31.7 Å². The van der Waals surface area contributed by atoms with Crippen LogP contribution >= 0.6 is 0 Å². The van der Waals surface area contributed by atoms with E-state index in [4.69, 9.17) is 0 Å². The Morgan fingerprint density at radius 2 is 1.91 bits per heavy atom. The molecule has 2 aliphatic rings. The van der Waals surface area contributed by atoms with Crippen LogP contribution in [0, 0.1) is 5.92 Å². The summed E-state index contributed by atoms with van der Waals surface area (Å²) in [4.78, 5) is 38.1. The van der Waals surface area contributed by atoms with Gasteiger partial charge in [0.1, 0.15) is 5.54 Å². The molecule has 0 aromatic heterocycles. The maximum Gasteiger partial charge on any atom is 0.322 e. The van der Waals surface area contributed by atoms with Crippen molar-refractivity contribution in [3.8, 4) is 0 Å². The summed E-state index contributed by atoms with van der Waals surface area (Å²) in [6.45, 7) is 4.75. The smallest absolute Gasteiger partial charge is 0.322 e. The van der Waals surface area contributed by atoms with Gasteiger partial charge in [0.15, 0.2) is 0 Å². The predicted octanol–water partition coefficient (Wildman–Crippen LogP) is 1.24. The number of amides is 4. The molecule has 3 rings (SSSR count). The molecule has 6 heteroatoms. The first kappa shape index (κ1) is 15.5. The van der Waals surface area contributed by atoms with Crippen LogP contribution in [0.15, 0.2) is 30.3 Å². The Kier molecular flexibility index (Phi) is 3.83. The molecule has 2 aliphatic heterocycles. The average Bonchev–Trinajstić information content (AvgIpc) is 3.04. The summed E-state index contributed by atoms with van der Waals surface area (Å²) in [5.41, 5.74) is 0.0266. The molecule has 2 saturated heterocycles. The van der Waals surface area contributed by atoms with Crippen molar-refractivity contribution in [1.82, 2.24) is 15.5 Å². The Morgan fingerprint density at radius 1 is 1.22 bits per heavy atom. The fourth-order valence-corrected chi connectivity index (χ4v) is 3.48. The number of nitrogens with one attached hydrogen (secondary N) is 2. The number of likely N-dealkylation sites (tertiary alicyclic amines) is 1. The van der Waals surface area contributed by atoms with Crippen LogP contribution in [0.5, 0.6) is 0 Å². The Balaban J connectivity index is 1.80. The Hall–Kier alpha value is -2.37. The van der Waals surface area contributed by atoms with Gasteiger partial charge in [-0.3, -0.25) is 14.9 Å². The first-order valence-corrected chi connectivity index (χ1v) is 7.90. The van der Waals surface area contributed by atoms with E-state index in [1.165, 1.54) is 0 Å². The van der Waals surface area contributed by atoms with Crippen molar-refractivity contribution < 1.29 is 14.4 Å². The number of rotatable bonds is 3. The molecule has 2 atom stereocenters. The Labute approximate surface area is 135 Å². The molecule has 2 heterocycles. The molecule has 2 N–H and O–H groups in total. The van der Waals surface area contributed by atoms with Crippen molar-refractivity contribution in [3.05, 3.63) is 35.9 Å². The monoisotopic (exact) mass is 315 g/mol. The van der Waals surface area contributed by atoms with Crippen LogP contribution in [0.4, 0.5) is 4.79 Å². The summed E-state index contributed by atoms with van der Waals surface area (Å²) in [6.07, 6.45) is 0.454. The number of urea groups is 1. The van der Waals surface area contributed by atoms with E-state index in [1.807, 2.05) is 44.2 Å². The SMILES string of the molecule is CC(C)[C@H](C(=O)N1CC[C@]2(C1)NC(=O)NC2=O)c1ccccc1. The highest BCUT2D eigenvalue weighted by atomic mass is 16.2. The topological polar surface area (TPSA) is 78.5 Å². The molecule has 1 aromatic carbocycles. The molecular formula is C17H21N3O3. The molecular weight excluding hydrogens is 294 g/mol. The van der Waals surface area contributed by atoms with Gasteiger partial charge >= 0.3 is 6.03 Å². The van der Waals surface area contributed by atoms with E-state index in [-0.39, 0.29) is 30.2 Å². The van der Waals surface area contributed by atoms with E-state index >= 15 is 0 Å². The lowest BCUT2D eigenvalue weighted by molar-refractivity contribution is -0.133. The molecule has 2 fully saturated rings. The third-order valence-corrected chi connectivity index (χ3v) is 4.69. The van der Waals surface area contributed by atoms with Crippen molar-refractivity contribution >= 4 is 17.8 Å². The fourth-order valence-electron chi connectivity index (χ4n) is 3.48. The molecule has 0 aliphatic carbocycles. The van der Waals surface area contributed by atoms with Gasteiger partial charge in [0.05, 0.1) is 12.5 Å². The second kappa shape index (κ2) is 5.68. The zero-order valence-electron chi connectivity index (χ0n) is 13.3. The van der Waals surface area contributed by atoms with Crippen LogP contribution in [0.2, 0.25) is 0 Å². The number of hydrogen-bond acceptors (Lipinski definition) is 3. The van der Waals surface area contributed by atoms with Gasteiger partial charge < -0.3 is 10.2 Å². The van der Waals surface area contributed by atoms with Crippen LogP contribution in [-0.2, 0) is 9.59 Å². The van der Waals surface area contributed by atoms with Crippen LogP contribution < -0.4 is 10.6 Å². The quantitative estimate of drug-likeness (QED) is 0.824. The van der Waals surface area contributed by atoms with Gasteiger partial charge in [-0.1, -0.05) is 44.2 Å². The van der Waals surface area contributed by atoms with Crippen LogP contribution in [-0.4, -0.2) is 41.4 Å². The van der Waals surface area contributed by atoms with Gasteiger partial charge in [0.25, 0.3) is 5.91 Å². The average molecular weight is 315 g/mol. The van der Waals surface area contributed by atoms with Gasteiger partial charge in [-0.05, 0) is 17.9 Å². The number of imide groups is 1.